The first-order chi connectivity index (χ1) is 10.1. The SMILES string of the molecule is CNC(c1ccc2c(c1)CC(=O)N2C)c1ccccc1F. The van der Waals surface area contributed by atoms with E-state index in [1.165, 1.54) is 6.07 Å². The number of nitrogens with zero attached hydrogens (tertiary/aromatic N) is 1. The normalized spacial score (nSPS) is 15.2. The maximum absolute atomic E-state index is 14.0. The lowest BCUT2D eigenvalue weighted by Crippen LogP contribution is -2.20. The summed E-state index contributed by atoms with van der Waals surface area (Å²) in [6.07, 6.45) is 0.410. The van der Waals surface area contributed by atoms with Crippen LogP contribution in [0.3, 0.4) is 0 Å². The third kappa shape index (κ3) is 2.32. The van der Waals surface area contributed by atoms with Gasteiger partial charge in [-0.15, -0.1) is 0 Å². The number of hydrogen-bond donors (Lipinski definition) is 1. The number of benzene rings is 2. The number of fused-ring (bicyclic) bond motifs is 1. The van der Waals surface area contributed by atoms with Crippen molar-refractivity contribution in [1.82, 2.24) is 5.32 Å². The zero-order chi connectivity index (χ0) is 15.0. The number of nitrogens with one attached hydrogen (secondary N) is 1. The van der Waals surface area contributed by atoms with E-state index < -0.39 is 0 Å². The van der Waals surface area contributed by atoms with E-state index in [-0.39, 0.29) is 17.8 Å². The number of carbonyl (C=O) groups is 1. The van der Waals surface area contributed by atoms with Crippen molar-refractivity contribution >= 4 is 11.6 Å². The summed E-state index contributed by atoms with van der Waals surface area (Å²) in [6.45, 7) is 0. The number of likely N-dealkylation sites (N-methyl/N-ethyl adjacent to an activating group) is 1. The van der Waals surface area contributed by atoms with Gasteiger partial charge >= 0.3 is 0 Å². The molecule has 1 aliphatic heterocycles. The molecule has 0 aromatic heterocycles. The number of hydrogen-bond acceptors (Lipinski definition) is 2. The van der Waals surface area contributed by atoms with Gasteiger partial charge in [-0.2, -0.15) is 0 Å². The lowest BCUT2D eigenvalue weighted by molar-refractivity contribution is -0.117. The molecule has 3 nitrogen and oxygen atoms in total. The van der Waals surface area contributed by atoms with Crippen molar-refractivity contribution in [2.45, 2.75) is 12.5 Å². The summed E-state index contributed by atoms with van der Waals surface area (Å²) in [4.78, 5) is 13.4. The van der Waals surface area contributed by atoms with Crippen LogP contribution in [0.2, 0.25) is 0 Å². The molecule has 4 heteroatoms. The highest BCUT2D eigenvalue weighted by Crippen LogP contribution is 2.32. The summed E-state index contributed by atoms with van der Waals surface area (Å²) in [6, 6.07) is 12.4. The van der Waals surface area contributed by atoms with Crippen LogP contribution in [0.5, 0.6) is 0 Å². The van der Waals surface area contributed by atoms with Crippen molar-refractivity contribution < 1.29 is 9.18 Å². The van der Waals surface area contributed by atoms with Crippen LogP contribution >= 0.6 is 0 Å². The smallest absolute Gasteiger partial charge is 0.231 e. The highest BCUT2D eigenvalue weighted by atomic mass is 19.1. The van der Waals surface area contributed by atoms with Gasteiger partial charge in [0.25, 0.3) is 0 Å². The zero-order valence-electron chi connectivity index (χ0n) is 12.1. The van der Waals surface area contributed by atoms with Crippen LogP contribution in [-0.2, 0) is 11.2 Å². The van der Waals surface area contributed by atoms with Crippen LogP contribution in [0.1, 0.15) is 22.7 Å². The molecule has 1 aliphatic rings. The Hall–Kier alpha value is -2.20. The molecule has 3 rings (SSSR count). The van der Waals surface area contributed by atoms with E-state index in [0.29, 0.717) is 12.0 Å². The van der Waals surface area contributed by atoms with E-state index in [1.807, 2.05) is 31.3 Å². The molecule has 0 aliphatic carbocycles. The van der Waals surface area contributed by atoms with Gasteiger partial charge in [0, 0.05) is 18.3 Å². The molecular formula is C17H17FN2O. The molecule has 0 saturated carbocycles. The molecule has 1 unspecified atom stereocenters. The van der Waals surface area contributed by atoms with Crippen LogP contribution < -0.4 is 10.2 Å². The van der Waals surface area contributed by atoms with Gasteiger partial charge in [0.05, 0.1) is 12.5 Å². The maximum atomic E-state index is 14.0. The Morgan fingerprint density at radius 2 is 2.00 bits per heavy atom. The summed E-state index contributed by atoms with van der Waals surface area (Å²) < 4.78 is 14.0. The summed E-state index contributed by atoms with van der Waals surface area (Å²) in [5, 5.41) is 3.15. The molecule has 0 fully saturated rings. The van der Waals surface area contributed by atoms with Gasteiger partial charge in [0.2, 0.25) is 5.91 Å². The van der Waals surface area contributed by atoms with Crippen LogP contribution in [0.15, 0.2) is 42.5 Å². The predicted molar refractivity (Wildman–Crippen MR) is 80.9 cm³/mol. The molecule has 1 heterocycles. The molecule has 108 valence electrons. The van der Waals surface area contributed by atoms with E-state index in [9.17, 15) is 9.18 Å². The number of amides is 1. The molecule has 0 saturated heterocycles. The van der Waals surface area contributed by atoms with Gasteiger partial charge in [0.1, 0.15) is 5.82 Å². The van der Waals surface area contributed by atoms with Crippen LogP contribution in [-0.4, -0.2) is 20.0 Å². The molecule has 1 atom stereocenters. The monoisotopic (exact) mass is 284 g/mol. The Labute approximate surface area is 123 Å². The molecule has 0 bridgehead atoms. The van der Waals surface area contributed by atoms with Crippen molar-refractivity contribution in [3.8, 4) is 0 Å². The lowest BCUT2D eigenvalue weighted by Gasteiger charge is -2.19. The van der Waals surface area contributed by atoms with Gasteiger partial charge in [0.15, 0.2) is 0 Å². The Balaban J connectivity index is 2.02. The van der Waals surface area contributed by atoms with E-state index in [0.717, 1.165) is 16.8 Å². The Morgan fingerprint density at radius 3 is 2.71 bits per heavy atom. The van der Waals surface area contributed by atoms with E-state index in [1.54, 1.807) is 24.1 Å². The molecule has 0 spiro atoms. The minimum atomic E-state index is -0.231. The van der Waals surface area contributed by atoms with Crippen molar-refractivity contribution in [2.75, 3.05) is 19.0 Å². The van der Waals surface area contributed by atoms with Crippen LogP contribution in [0, 0.1) is 5.82 Å². The van der Waals surface area contributed by atoms with Crippen molar-refractivity contribution in [2.24, 2.45) is 0 Å². The third-order valence-corrected chi connectivity index (χ3v) is 4.02. The Bertz CT molecular complexity index is 699. The van der Waals surface area contributed by atoms with Crippen molar-refractivity contribution in [1.29, 1.82) is 0 Å². The zero-order valence-corrected chi connectivity index (χ0v) is 12.1. The number of rotatable bonds is 3. The average Bonchev–Trinajstić information content (AvgIpc) is 2.77. The Kier molecular flexibility index (Phi) is 3.47. The fraction of sp³-hybridized carbons (Fsp3) is 0.235. The second-order valence-corrected chi connectivity index (χ2v) is 5.26. The van der Waals surface area contributed by atoms with Gasteiger partial charge < -0.3 is 10.2 Å². The van der Waals surface area contributed by atoms with Gasteiger partial charge in [-0.3, -0.25) is 4.79 Å². The average molecular weight is 284 g/mol. The fourth-order valence-corrected chi connectivity index (χ4v) is 2.88. The number of anilines is 1. The van der Waals surface area contributed by atoms with E-state index in [2.05, 4.69) is 5.32 Å². The Morgan fingerprint density at radius 1 is 1.24 bits per heavy atom. The maximum Gasteiger partial charge on any atom is 0.231 e. The summed E-state index contributed by atoms with van der Waals surface area (Å²) in [5.74, 6) is -0.139. The van der Waals surface area contributed by atoms with E-state index >= 15 is 0 Å². The molecule has 2 aromatic carbocycles. The standard InChI is InChI=1S/C17H17FN2O/c1-19-17(13-5-3-4-6-14(13)18)11-7-8-15-12(9-11)10-16(21)20(15)2/h3-9,17,19H,10H2,1-2H3. The molecular weight excluding hydrogens is 267 g/mol. The fourth-order valence-electron chi connectivity index (χ4n) is 2.88. The van der Waals surface area contributed by atoms with Crippen LogP contribution in [0.4, 0.5) is 10.1 Å². The predicted octanol–water partition coefficient (Wildman–Crippen LogP) is 2.65. The van der Waals surface area contributed by atoms with Crippen molar-refractivity contribution in [3.05, 3.63) is 65.0 Å². The minimum absolute atomic E-state index is 0.0917. The second kappa shape index (κ2) is 5.30. The molecule has 1 amide bonds. The molecule has 21 heavy (non-hydrogen) atoms. The molecule has 2 aromatic rings. The van der Waals surface area contributed by atoms with Crippen LogP contribution in [0.25, 0.3) is 0 Å². The number of halogens is 1. The quantitative estimate of drug-likeness (QED) is 0.940. The lowest BCUT2D eigenvalue weighted by atomic mass is 9.96. The van der Waals surface area contributed by atoms with Gasteiger partial charge in [-0.1, -0.05) is 30.3 Å². The molecule has 1 N–H and O–H groups in total. The topological polar surface area (TPSA) is 32.3 Å². The highest BCUT2D eigenvalue weighted by Gasteiger charge is 2.25. The van der Waals surface area contributed by atoms with Gasteiger partial charge in [-0.25, -0.2) is 4.39 Å². The highest BCUT2D eigenvalue weighted by molar-refractivity contribution is 6.00. The summed E-state index contributed by atoms with van der Waals surface area (Å²) >= 11 is 0. The first-order valence-corrected chi connectivity index (χ1v) is 6.93. The van der Waals surface area contributed by atoms with E-state index in [4.69, 9.17) is 0 Å². The largest absolute Gasteiger partial charge is 0.315 e. The second-order valence-electron chi connectivity index (χ2n) is 5.26. The molecule has 0 radical (unpaired) electrons. The van der Waals surface area contributed by atoms with Gasteiger partial charge in [-0.05, 0) is 30.3 Å². The third-order valence-electron chi connectivity index (χ3n) is 4.02. The first-order valence-electron chi connectivity index (χ1n) is 6.93. The number of carbonyl (C=O) groups excluding carboxylic acids is 1. The minimum Gasteiger partial charge on any atom is -0.315 e. The first kappa shape index (κ1) is 13.8. The summed E-state index contributed by atoms with van der Waals surface area (Å²) in [5.41, 5.74) is 3.51. The summed E-state index contributed by atoms with van der Waals surface area (Å²) in [7, 11) is 3.59. The van der Waals surface area contributed by atoms with Crippen molar-refractivity contribution in [3.63, 3.8) is 0 Å².